The van der Waals surface area contributed by atoms with Gasteiger partial charge >= 0.3 is 0 Å². The molecule has 0 unspecified atom stereocenters. The number of amidine groups is 1. The molecule has 0 aliphatic rings. The van der Waals surface area contributed by atoms with Gasteiger partial charge in [0.1, 0.15) is 11.4 Å². The number of methoxy groups -OCH3 is 1. The van der Waals surface area contributed by atoms with Crippen LogP contribution in [0.25, 0.3) is 0 Å². The van der Waals surface area contributed by atoms with E-state index in [-0.39, 0.29) is 0 Å². The van der Waals surface area contributed by atoms with E-state index in [1.807, 2.05) is 24.3 Å². The van der Waals surface area contributed by atoms with E-state index in [0.717, 1.165) is 17.2 Å². The molecule has 116 valence electrons. The zero-order chi connectivity index (χ0) is 15.9. The van der Waals surface area contributed by atoms with Gasteiger partial charge in [-0.2, -0.15) is 0 Å². The molecule has 0 radical (unpaired) electrons. The molecule has 22 heavy (non-hydrogen) atoms. The van der Waals surface area contributed by atoms with Gasteiger partial charge in [0.15, 0.2) is 5.17 Å². The number of para-hydroxylation sites is 2. The van der Waals surface area contributed by atoms with Crippen LogP contribution in [0.5, 0.6) is 5.75 Å². The first kappa shape index (κ1) is 16.4. The summed E-state index contributed by atoms with van der Waals surface area (Å²) in [5.41, 5.74) is 9.36. The van der Waals surface area contributed by atoms with Gasteiger partial charge in [-0.25, -0.2) is 4.99 Å². The molecule has 0 atom stereocenters. The lowest BCUT2D eigenvalue weighted by Crippen LogP contribution is -2.06. The van der Waals surface area contributed by atoms with Gasteiger partial charge in [0.25, 0.3) is 0 Å². The smallest absolute Gasteiger partial charge is 0.159 e. The van der Waals surface area contributed by atoms with E-state index in [4.69, 9.17) is 10.5 Å². The van der Waals surface area contributed by atoms with Crippen LogP contribution in [0, 0.1) is 0 Å². The summed E-state index contributed by atoms with van der Waals surface area (Å²) in [6.07, 6.45) is 0. The molecule has 2 aromatic carbocycles. The van der Waals surface area contributed by atoms with Crippen LogP contribution in [0.3, 0.4) is 0 Å². The molecule has 4 heteroatoms. The molecule has 0 aliphatic heterocycles. The van der Waals surface area contributed by atoms with Crippen molar-refractivity contribution in [1.29, 1.82) is 0 Å². The third-order valence-electron chi connectivity index (χ3n) is 3.35. The number of aliphatic imine (C=N–C) groups is 1. The van der Waals surface area contributed by atoms with E-state index < -0.39 is 0 Å². The van der Waals surface area contributed by atoms with Gasteiger partial charge in [-0.05, 0) is 29.2 Å². The van der Waals surface area contributed by atoms with Gasteiger partial charge < -0.3 is 10.5 Å². The summed E-state index contributed by atoms with van der Waals surface area (Å²) in [5, 5.41) is 0.539. The summed E-state index contributed by atoms with van der Waals surface area (Å²) in [4.78, 5) is 4.42. The molecule has 0 aromatic heterocycles. The van der Waals surface area contributed by atoms with Crippen molar-refractivity contribution in [2.24, 2.45) is 10.7 Å². The van der Waals surface area contributed by atoms with Gasteiger partial charge in [-0.3, -0.25) is 0 Å². The fraction of sp³-hybridized carbons (Fsp3) is 0.278. The van der Waals surface area contributed by atoms with Crippen LogP contribution < -0.4 is 10.5 Å². The third kappa shape index (κ3) is 4.53. The maximum Gasteiger partial charge on any atom is 0.159 e. The number of thioether (sulfide) groups is 1. The number of benzene rings is 2. The molecule has 0 aliphatic carbocycles. The molecule has 0 saturated heterocycles. The zero-order valence-electron chi connectivity index (χ0n) is 13.2. The molecule has 0 spiro atoms. The highest BCUT2D eigenvalue weighted by atomic mass is 32.2. The Kier molecular flexibility index (Phi) is 5.90. The minimum absolute atomic E-state index is 0.539. The van der Waals surface area contributed by atoms with Crippen molar-refractivity contribution in [3.8, 4) is 5.75 Å². The maximum absolute atomic E-state index is 6.01. The quantitative estimate of drug-likeness (QED) is 0.643. The molecular weight excluding hydrogens is 292 g/mol. The van der Waals surface area contributed by atoms with E-state index in [2.05, 4.69) is 43.1 Å². The van der Waals surface area contributed by atoms with E-state index in [9.17, 15) is 0 Å². The van der Waals surface area contributed by atoms with Crippen molar-refractivity contribution in [2.75, 3.05) is 7.11 Å². The number of hydrogen-bond acceptors (Lipinski definition) is 3. The Morgan fingerprint density at radius 3 is 2.45 bits per heavy atom. The standard InChI is InChI=1S/C18H22N2OS/c1-13(2)15-10-8-14(9-11-15)12-22-18(19)20-16-6-4-5-7-17(16)21-3/h4-11,13H,12H2,1-3H3,(H2,19,20). The minimum atomic E-state index is 0.539. The summed E-state index contributed by atoms with van der Waals surface area (Å²) in [5.74, 6) is 2.09. The summed E-state index contributed by atoms with van der Waals surface area (Å²) in [7, 11) is 1.63. The molecule has 2 rings (SSSR count). The van der Waals surface area contributed by atoms with Crippen molar-refractivity contribution in [3.63, 3.8) is 0 Å². The lowest BCUT2D eigenvalue weighted by Gasteiger charge is -2.07. The number of hydrogen-bond donors (Lipinski definition) is 1. The second-order valence-corrected chi connectivity index (χ2v) is 6.30. The van der Waals surface area contributed by atoms with Gasteiger partial charge in [0.05, 0.1) is 7.11 Å². The van der Waals surface area contributed by atoms with Crippen LogP contribution in [0.15, 0.2) is 53.5 Å². The first-order valence-electron chi connectivity index (χ1n) is 7.29. The number of rotatable bonds is 5. The van der Waals surface area contributed by atoms with E-state index in [0.29, 0.717) is 11.1 Å². The molecule has 0 amide bonds. The van der Waals surface area contributed by atoms with E-state index in [1.165, 1.54) is 22.9 Å². The summed E-state index contributed by atoms with van der Waals surface area (Å²) < 4.78 is 5.27. The third-order valence-corrected chi connectivity index (χ3v) is 4.21. The Labute approximate surface area is 136 Å². The van der Waals surface area contributed by atoms with Crippen molar-refractivity contribution >= 4 is 22.6 Å². The van der Waals surface area contributed by atoms with Gasteiger partial charge in [-0.15, -0.1) is 0 Å². The Balaban J connectivity index is 2.00. The summed E-state index contributed by atoms with van der Waals surface area (Å²) in [6.45, 7) is 4.39. The van der Waals surface area contributed by atoms with Crippen LogP contribution in [-0.2, 0) is 5.75 Å². The SMILES string of the molecule is COc1ccccc1N=C(N)SCc1ccc(C(C)C)cc1. The number of nitrogens with two attached hydrogens (primary N) is 1. The highest BCUT2D eigenvalue weighted by molar-refractivity contribution is 8.13. The second-order valence-electron chi connectivity index (χ2n) is 5.31. The Hall–Kier alpha value is -1.94. The maximum atomic E-state index is 6.01. The van der Waals surface area contributed by atoms with Gasteiger partial charge in [-0.1, -0.05) is 62.0 Å². The minimum Gasteiger partial charge on any atom is -0.494 e. The van der Waals surface area contributed by atoms with Gasteiger partial charge in [0.2, 0.25) is 0 Å². The average Bonchev–Trinajstić information content (AvgIpc) is 2.54. The van der Waals surface area contributed by atoms with Crippen LogP contribution >= 0.6 is 11.8 Å². The molecular formula is C18H22N2OS. The van der Waals surface area contributed by atoms with Crippen LogP contribution in [0.1, 0.15) is 30.9 Å². The highest BCUT2D eigenvalue weighted by Crippen LogP contribution is 2.27. The number of nitrogens with zero attached hydrogens (tertiary/aromatic N) is 1. The number of ether oxygens (including phenoxy) is 1. The van der Waals surface area contributed by atoms with Gasteiger partial charge in [0, 0.05) is 5.75 Å². The predicted molar refractivity (Wildman–Crippen MR) is 96.1 cm³/mol. The Bertz CT molecular complexity index is 636. The van der Waals surface area contributed by atoms with Crippen molar-refractivity contribution in [3.05, 3.63) is 59.7 Å². The molecule has 0 bridgehead atoms. The largest absolute Gasteiger partial charge is 0.494 e. The molecule has 2 N–H and O–H groups in total. The predicted octanol–water partition coefficient (Wildman–Crippen LogP) is 4.70. The van der Waals surface area contributed by atoms with Crippen LogP contribution in [0.4, 0.5) is 5.69 Å². The fourth-order valence-electron chi connectivity index (χ4n) is 2.03. The molecule has 0 heterocycles. The topological polar surface area (TPSA) is 47.6 Å². The lowest BCUT2D eigenvalue weighted by atomic mass is 10.0. The van der Waals surface area contributed by atoms with Crippen molar-refractivity contribution in [2.45, 2.75) is 25.5 Å². The Morgan fingerprint density at radius 1 is 1.14 bits per heavy atom. The molecule has 3 nitrogen and oxygen atoms in total. The van der Waals surface area contributed by atoms with E-state index in [1.54, 1.807) is 7.11 Å². The summed E-state index contributed by atoms with van der Waals surface area (Å²) in [6, 6.07) is 16.3. The normalized spacial score (nSPS) is 11.7. The average molecular weight is 314 g/mol. The molecule has 2 aromatic rings. The fourth-order valence-corrected chi connectivity index (χ4v) is 2.70. The van der Waals surface area contributed by atoms with Crippen LogP contribution in [0.2, 0.25) is 0 Å². The first-order chi connectivity index (χ1) is 10.6. The zero-order valence-corrected chi connectivity index (χ0v) is 14.1. The Morgan fingerprint density at radius 2 is 1.82 bits per heavy atom. The molecule has 0 saturated carbocycles. The molecule has 0 fully saturated rings. The highest BCUT2D eigenvalue weighted by Gasteiger charge is 2.03. The van der Waals surface area contributed by atoms with Crippen molar-refractivity contribution in [1.82, 2.24) is 0 Å². The second kappa shape index (κ2) is 7.90. The van der Waals surface area contributed by atoms with Crippen LogP contribution in [-0.4, -0.2) is 12.3 Å². The monoisotopic (exact) mass is 314 g/mol. The summed E-state index contributed by atoms with van der Waals surface area (Å²) >= 11 is 1.53. The lowest BCUT2D eigenvalue weighted by molar-refractivity contribution is 0.416. The van der Waals surface area contributed by atoms with E-state index >= 15 is 0 Å². The first-order valence-corrected chi connectivity index (χ1v) is 8.27. The van der Waals surface area contributed by atoms with Crippen molar-refractivity contribution < 1.29 is 4.74 Å².